The van der Waals surface area contributed by atoms with Crippen molar-refractivity contribution in [1.29, 1.82) is 0 Å². The van der Waals surface area contributed by atoms with Crippen molar-refractivity contribution in [2.75, 3.05) is 26.4 Å². The van der Waals surface area contributed by atoms with Gasteiger partial charge in [-0.1, -0.05) is 13.5 Å². The molecule has 7 nitrogen and oxygen atoms in total. The molecule has 0 saturated heterocycles. The van der Waals surface area contributed by atoms with E-state index >= 15 is 0 Å². The Kier molecular flexibility index (Phi) is 11.4. The molecule has 0 aliphatic heterocycles. The van der Waals surface area contributed by atoms with Gasteiger partial charge < -0.3 is 24.1 Å². The Bertz CT molecular complexity index is 457. The fraction of sp³-hybridized carbons (Fsp3) is 0.789. The molecular weight excluding hydrogens is 340 g/mol. The molecule has 0 rings (SSSR count). The maximum absolute atomic E-state index is 12.3. The molecule has 0 fully saturated rings. The third-order valence-corrected chi connectivity index (χ3v) is 3.66. The van der Waals surface area contributed by atoms with Crippen LogP contribution in [-0.2, 0) is 28.5 Å². The van der Waals surface area contributed by atoms with E-state index in [4.69, 9.17) is 18.9 Å². The second-order valence-corrected chi connectivity index (χ2v) is 7.17. The molecule has 0 heterocycles. The van der Waals surface area contributed by atoms with E-state index in [1.54, 1.807) is 0 Å². The second kappa shape index (κ2) is 12.0. The van der Waals surface area contributed by atoms with Crippen molar-refractivity contribution in [2.45, 2.75) is 65.8 Å². The van der Waals surface area contributed by atoms with E-state index in [9.17, 15) is 14.7 Å². The predicted octanol–water partition coefficient (Wildman–Crippen LogP) is 2.26. The number of carbonyl (C=O) groups excluding carboxylic acids is 2. The number of aliphatic hydroxyl groups excluding tert-OH is 1. The summed E-state index contributed by atoms with van der Waals surface area (Å²) < 4.78 is 21.2. The highest BCUT2D eigenvalue weighted by molar-refractivity contribution is 5.86. The number of hydrogen-bond donors (Lipinski definition) is 1. The highest BCUT2D eigenvalue weighted by atomic mass is 16.6. The van der Waals surface area contributed by atoms with Crippen LogP contribution in [0, 0.1) is 5.92 Å². The molecule has 0 spiro atoms. The van der Waals surface area contributed by atoms with Crippen LogP contribution in [0.5, 0.6) is 0 Å². The number of esters is 2. The molecular formula is C19H34O7. The van der Waals surface area contributed by atoms with Crippen LogP contribution < -0.4 is 0 Å². The largest absolute Gasteiger partial charge is 0.462 e. The van der Waals surface area contributed by atoms with Crippen molar-refractivity contribution in [2.24, 2.45) is 5.92 Å². The number of aliphatic hydroxyl groups is 1. The summed E-state index contributed by atoms with van der Waals surface area (Å²) in [6.45, 7) is 14.4. The van der Waals surface area contributed by atoms with Crippen LogP contribution in [0.15, 0.2) is 12.2 Å². The van der Waals surface area contributed by atoms with Gasteiger partial charge in [-0.15, -0.1) is 0 Å². The molecule has 0 aromatic rings. The van der Waals surface area contributed by atoms with Gasteiger partial charge >= 0.3 is 11.9 Å². The summed E-state index contributed by atoms with van der Waals surface area (Å²) in [4.78, 5) is 23.6. The Hall–Kier alpha value is -1.44. The van der Waals surface area contributed by atoms with Crippen LogP contribution in [0.2, 0.25) is 0 Å². The van der Waals surface area contributed by atoms with Crippen LogP contribution >= 0.6 is 0 Å². The standard InChI is InChI=1S/C19H34O7/c1-8-19(6,7)26-10-15(9-23-14(4)5)18(22)25-12-16(20)11-24-17(21)13(2)3/h14-16,20H,2,8-12H2,1,3-7H3. The van der Waals surface area contributed by atoms with Gasteiger partial charge in [-0.2, -0.15) is 0 Å². The van der Waals surface area contributed by atoms with E-state index in [0.717, 1.165) is 6.42 Å². The zero-order valence-electron chi connectivity index (χ0n) is 16.9. The van der Waals surface area contributed by atoms with Crippen molar-refractivity contribution in [3.63, 3.8) is 0 Å². The molecule has 152 valence electrons. The van der Waals surface area contributed by atoms with Gasteiger partial charge in [0.1, 0.15) is 25.2 Å². The average molecular weight is 374 g/mol. The molecule has 0 radical (unpaired) electrons. The van der Waals surface area contributed by atoms with Gasteiger partial charge in [0.15, 0.2) is 0 Å². The Morgan fingerprint density at radius 3 is 2.15 bits per heavy atom. The zero-order valence-corrected chi connectivity index (χ0v) is 16.9. The molecule has 0 aromatic heterocycles. The second-order valence-electron chi connectivity index (χ2n) is 7.17. The van der Waals surface area contributed by atoms with E-state index in [0.29, 0.717) is 0 Å². The van der Waals surface area contributed by atoms with Crippen LogP contribution in [-0.4, -0.2) is 61.3 Å². The minimum Gasteiger partial charge on any atom is -0.462 e. The van der Waals surface area contributed by atoms with Gasteiger partial charge in [0.2, 0.25) is 0 Å². The Labute approximate surface area is 156 Å². The monoisotopic (exact) mass is 374 g/mol. The van der Waals surface area contributed by atoms with Crippen LogP contribution in [0.1, 0.15) is 48.0 Å². The summed E-state index contributed by atoms with van der Waals surface area (Å²) in [7, 11) is 0. The summed E-state index contributed by atoms with van der Waals surface area (Å²) in [5.74, 6) is -1.73. The van der Waals surface area contributed by atoms with Crippen molar-refractivity contribution < 1.29 is 33.6 Å². The maximum Gasteiger partial charge on any atom is 0.333 e. The van der Waals surface area contributed by atoms with Crippen molar-refractivity contribution >= 4 is 11.9 Å². The van der Waals surface area contributed by atoms with Gasteiger partial charge in [-0.3, -0.25) is 4.79 Å². The summed E-state index contributed by atoms with van der Waals surface area (Å²) in [6.07, 6.45) is -0.342. The smallest absolute Gasteiger partial charge is 0.333 e. The lowest BCUT2D eigenvalue weighted by Gasteiger charge is -2.26. The summed E-state index contributed by atoms with van der Waals surface area (Å²) in [6, 6.07) is 0. The third-order valence-electron chi connectivity index (χ3n) is 3.66. The minimum absolute atomic E-state index is 0.0309. The quantitative estimate of drug-likeness (QED) is 0.390. The van der Waals surface area contributed by atoms with Crippen LogP contribution in [0.3, 0.4) is 0 Å². The summed E-state index contributed by atoms with van der Waals surface area (Å²) >= 11 is 0. The zero-order chi connectivity index (χ0) is 20.3. The Morgan fingerprint density at radius 1 is 1.08 bits per heavy atom. The first-order chi connectivity index (χ1) is 12.0. The van der Waals surface area contributed by atoms with Crippen molar-refractivity contribution in [3.8, 4) is 0 Å². The number of rotatable bonds is 13. The van der Waals surface area contributed by atoms with E-state index in [1.165, 1.54) is 6.92 Å². The van der Waals surface area contributed by atoms with E-state index in [2.05, 4.69) is 6.58 Å². The molecule has 0 amide bonds. The molecule has 7 heteroatoms. The maximum atomic E-state index is 12.3. The molecule has 0 aromatic carbocycles. The lowest BCUT2D eigenvalue weighted by Crippen LogP contribution is -2.35. The van der Waals surface area contributed by atoms with Crippen LogP contribution in [0.25, 0.3) is 0 Å². The highest BCUT2D eigenvalue weighted by Crippen LogP contribution is 2.16. The van der Waals surface area contributed by atoms with Gasteiger partial charge in [-0.05, 0) is 41.0 Å². The SMILES string of the molecule is C=C(C)C(=O)OCC(O)COC(=O)C(COC(C)C)COC(C)(C)CC. The molecule has 0 saturated carbocycles. The van der Waals surface area contributed by atoms with Gasteiger partial charge in [0, 0.05) is 5.57 Å². The lowest BCUT2D eigenvalue weighted by molar-refractivity contribution is -0.161. The highest BCUT2D eigenvalue weighted by Gasteiger charge is 2.26. The first-order valence-corrected chi connectivity index (χ1v) is 8.91. The molecule has 26 heavy (non-hydrogen) atoms. The Balaban J connectivity index is 4.51. The van der Waals surface area contributed by atoms with Crippen molar-refractivity contribution in [3.05, 3.63) is 12.2 Å². The van der Waals surface area contributed by atoms with Crippen molar-refractivity contribution in [1.82, 2.24) is 0 Å². The fourth-order valence-corrected chi connectivity index (χ4v) is 1.56. The van der Waals surface area contributed by atoms with E-state index in [-0.39, 0.29) is 43.7 Å². The minimum atomic E-state index is -1.11. The molecule has 0 aliphatic rings. The topological polar surface area (TPSA) is 91.3 Å². The summed E-state index contributed by atoms with van der Waals surface area (Å²) in [5, 5.41) is 9.78. The van der Waals surface area contributed by atoms with E-state index < -0.39 is 24.0 Å². The first-order valence-electron chi connectivity index (χ1n) is 8.91. The van der Waals surface area contributed by atoms with E-state index in [1.807, 2.05) is 34.6 Å². The number of ether oxygens (including phenoxy) is 4. The average Bonchev–Trinajstić information content (AvgIpc) is 2.56. The lowest BCUT2D eigenvalue weighted by atomic mass is 10.1. The molecule has 0 bridgehead atoms. The fourth-order valence-electron chi connectivity index (χ4n) is 1.56. The first kappa shape index (κ1) is 24.6. The number of carbonyl (C=O) groups is 2. The van der Waals surface area contributed by atoms with Gasteiger partial charge in [0.05, 0.1) is 24.9 Å². The molecule has 2 atom stereocenters. The molecule has 0 aliphatic carbocycles. The third kappa shape index (κ3) is 11.2. The normalized spacial score (nSPS) is 14.0. The molecule has 2 unspecified atom stereocenters. The molecule has 1 N–H and O–H groups in total. The Morgan fingerprint density at radius 2 is 1.65 bits per heavy atom. The van der Waals surface area contributed by atoms with Crippen LogP contribution in [0.4, 0.5) is 0 Å². The predicted molar refractivity (Wildman–Crippen MR) is 97.6 cm³/mol. The summed E-state index contributed by atoms with van der Waals surface area (Å²) in [5.41, 5.74) is -0.122. The number of hydrogen-bond acceptors (Lipinski definition) is 7. The van der Waals surface area contributed by atoms with Gasteiger partial charge in [-0.25, -0.2) is 4.79 Å². The van der Waals surface area contributed by atoms with Gasteiger partial charge in [0.25, 0.3) is 0 Å².